The molecular formula is C53H104N8O2. The van der Waals surface area contributed by atoms with Crippen molar-refractivity contribution >= 4 is 11.6 Å². The van der Waals surface area contributed by atoms with Gasteiger partial charge in [0.15, 0.2) is 0 Å². The van der Waals surface area contributed by atoms with Crippen LogP contribution in [-0.4, -0.2) is 123 Å². The summed E-state index contributed by atoms with van der Waals surface area (Å²) in [5.41, 5.74) is -0.160. The summed E-state index contributed by atoms with van der Waals surface area (Å²) in [6.45, 7) is 45.0. The highest BCUT2D eigenvalue weighted by atomic mass is 16.7. The number of aromatic nitrogens is 2. The van der Waals surface area contributed by atoms with Gasteiger partial charge in [-0.05, 0) is 152 Å². The van der Waals surface area contributed by atoms with E-state index in [4.69, 9.17) is 19.6 Å². The molecule has 2 saturated heterocycles. The maximum Gasteiger partial charge on any atom is 0.147 e. The number of anilines is 2. The van der Waals surface area contributed by atoms with Crippen molar-refractivity contribution in [1.82, 2.24) is 29.9 Å². The van der Waals surface area contributed by atoms with Crippen LogP contribution in [0.4, 0.5) is 11.6 Å². The van der Waals surface area contributed by atoms with Gasteiger partial charge in [0, 0.05) is 66.5 Å². The van der Waals surface area contributed by atoms with Crippen LogP contribution < -0.4 is 9.80 Å². The van der Waals surface area contributed by atoms with Crippen LogP contribution in [0.3, 0.4) is 0 Å². The second-order valence-electron chi connectivity index (χ2n) is 22.0. The Morgan fingerprint density at radius 2 is 0.825 bits per heavy atom. The molecule has 0 radical (unpaired) electrons. The van der Waals surface area contributed by atoms with E-state index in [1.165, 1.54) is 83.6 Å². The number of rotatable bonds is 32. The normalized spacial score (nSPS) is 19.4. The summed E-state index contributed by atoms with van der Waals surface area (Å²) in [5, 5.41) is 4.67. The molecule has 0 aliphatic carbocycles. The molecule has 1 aromatic heterocycles. The zero-order valence-corrected chi connectivity index (χ0v) is 44.4. The quantitative estimate of drug-likeness (QED) is 0.0654. The number of hydrogen-bond acceptors (Lipinski definition) is 10. The van der Waals surface area contributed by atoms with E-state index in [0.29, 0.717) is 12.1 Å². The molecule has 0 bridgehead atoms. The first-order chi connectivity index (χ1) is 29.9. The summed E-state index contributed by atoms with van der Waals surface area (Å²) in [4.78, 5) is 34.6. The molecule has 0 unspecified atom stereocenters. The Balaban J connectivity index is 1.89. The van der Waals surface area contributed by atoms with Gasteiger partial charge in [0.2, 0.25) is 0 Å². The number of hydrogen-bond donors (Lipinski definition) is 0. The molecule has 63 heavy (non-hydrogen) atoms. The average molecular weight is 885 g/mol. The summed E-state index contributed by atoms with van der Waals surface area (Å²) >= 11 is 0. The van der Waals surface area contributed by atoms with E-state index in [0.717, 1.165) is 115 Å². The highest BCUT2D eigenvalue weighted by Crippen LogP contribution is 2.42. The summed E-state index contributed by atoms with van der Waals surface area (Å²) < 4.78 is 0. The lowest BCUT2D eigenvalue weighted by Gasteiger charge is -2.55. The molecule has 368 valence electrons. The third-order valence-corrected chi connectivity index (χ3v) is 13.9. The molecule has 2 aliphatic rings. The van der Waals surface area contributed by atoms with Crippen LogP contribution in [-0.2, 0) is 16.2 Å². The Labute approximate surface area is 390 Å². The van der Waals surface area contributed by atoms with Gasteiger partial charge >= 0.3 is 0 Å². The molecule has 0 saturated carbocycles. The Hall–Kier alpha value is -1.56. The first-order valence-corrected chi connectivity index (χ1v) is 26.7. The molecule has 3 heterocycles. The van der Waals surface area contributed by atoms with E-state index < -0.39 is 0 Å². The third-order valence-electron chi connectivity index (χ3n) is 13.9. The SMILES string of the molecule is CCCCN(CCCC)c1cc(N(CCCC)CCCC)nc(CN(CCCCCCN(CC)C2CC(C)(C)N(OCCC)C(C)(C)C2)C2CC(C)(C)N(OCCC)C(C)(C)C2)n1. The predicted molar refractivity (Wildman–Crippen MR) is 271 cm³/mol. The molecule has 10 nitrogen and oxygen atoms in total. The van der Waals surface area contributed by atoms with Crippen molar-refractivity contribution in [3.05, 3.63) is 11.9 Å². The van der Waals surface area contributed by atoms with Crippen LogP contribution in [0.1, 0.15) is 225 Å². The monoisotopic (exact) mass is 885 g/mol. The summed E-state index contributed by atoms with van der Waals surface area (Å²) in [7, 11) is 0. The Kier molecular flexibility index (Phi) is 24.2. The van der Waals surface area contributed by atoms with Crippen LogP contribution in [0.25, 0.3) is 0 Å². The molecule has 0 aromatic carbocycles. The van der Waals surface area contributed by atoms with Crippen molar-refractivity contribution in [3.8, 4) is 0 Å². The van der Waals surface area contributed by atoms with Gasteiger partial charge in [-0.3, -0.25) is 14.6 Å². The fourth-order valence-corrected chi connectivity index (χ4v) is 11.1. The number of piperidine rings is 2. The Morgan fingerprint density at radius 3 is 1.16 bits per heavy atom. The largest absolute Gasteiger partial charge is 0.356 e. The topological polar surface area (TPSA) is 63.7 Å². The second-order valence-corrected chi connectivity index (χ2v) is 22.0. The van der Waals surface area contributed by atoms with Gasteiger partial charge < -0.3 is 14.7 Å². The van der Waals surface area contributed by atoms with E-state index in [1.54, 1.807) is 0 Å². The van der Waals surface area contributed by atoms with Crippen LogP contribution >= 0.6 is 0 Å². The van der Waals surface area contributed by atoms with E-state index in [9.17, 15) is 0 Å². The summed E-state index contributed by atoms with van der Waals surface area (Å²) in [6, 6.07) is 3.33. The van der Waals surface area contributed by atoms with Gasteiger partial charge in [-0.1, -0.05) is 87.0 Å². The molecule has 0 amide bonds. The molecule has 2 fully saturated rings. The summed E-state index contributed by atoms with van der Waals surface area (Å²) in [6.07, 6.45) is 20.9. The zero-order valence-electron chi connectivity index (χ0n) is 44.4. The first-order valence-electron chi connectivity index (χ1n) is 26.7. The molecular weight excluding hydrogens is 781 g/mol. The standard InChI is InChI=1S/C53H104N8O2/c1-16-23-31-57(32-24-17-2)48-39-49(58(33-25-18-3)34-26-19-4)55-47(54-48)44-59(46-42-52(12,13)61(63-38-21-6)53(14,15)43-46)36-30-28-27-29-35-56(22-7)45-40-50(8,9)60(62-37-20-5)51(10,11)41-45/h39,45-46H,16-38,40-44H2,1-15H3. The second kappa shape index (κ2) is 27.3. The predicted octanol–water partition coefficient (Wildman–Crippen LogP) is 12.7. The molecule has 0 atom stereocenters. The van der Waals surface area contributed by atoms with Gasteiger partial charge in [-0.15, -0.1) is 0 Å². The highest BCUT2D eigenvalue weighted by molar-refractivity contribution is 5.51. The third kappa shape index (κ3) is 17.2. The van der Waals surface area contributed by atoms with Crippen molar-refractivity contribution < 1.29 is 9.68 Å². The average Bonchev–Trinajstić information content (AvgIpc) is 3.21. The highest BCUT2D eigenvalue weighted by Gasteiger charge is 2.49. The maximum absolute atomic E-state index is 6.53. The van der Waals surface area contributed by atoms with Gasteiger partial charge in [0.1, 0.15) is 17.5 Å². The number of nitrogens with zero attached hydrogens (tertiary/aromatic N) is 8. The fourth-order valence-electron chi connectivity index (χ4n) is 11.1. The Morgan fingerprint density at radius 1 is 0.476 bits per heavy atom. The van der Waals surface area contributed by atoms with E-state index in [1.807, 2.05) is 0 Å². The van der Waals surface area contributed by atoms with Crippen LogP contribution in [0, 0.1) is 0 Å². The maximum atomic E-state index is 6.53. The molecule has 3 rings (SSSR count). The van der Waals surface area contributed by atoms with Gasteiger partial charge in [0.25, 0.3) is 0 Å². The van der Waals surface area contributed by atoms with Crippen molar-refractivity contribution in [1.29, 1.82) is 0 Å². The van der Waals surface area contributed by atoms with Gasteiger partial charge in [-0.2, -0.15) is 10.1 Å². The zero-order chi connectivity index (χ0) is 46.7. The van der Waals surface area contributed by atoms with Crippen LogP contribution in [0.15, 0.2) is 6.07 Å². The van der Waals surface area contributed by atoms with E-state index in [2.05, 4.69) is 140 Å². The minimum absolute atomic E-state index is 0.0104. The molecule has 2 aliphatic heterocycles. The van der Waals surface area contributed by atoms with Crippen molar-refractivity contribution in [3.63, 3.8) is 0 Å². The number of unbranched alkanes of at least 4 members (excludes halogenated alkanes) is 7. The van der Waals surface area contributed by atoms with Crippen LogP contribution in [0.5, 0.6) is 0 Å². The van der Waals surface area contributed by atoms with Crippen molar-refractivity contribution in [2.24, 2.45) is 0 Å². The number of hydroxylamine groups is 4. The lowest BCUT2D eigenvalue weighted by Crippen LogP contribution is -2.64. The minimum atomic E-state index is -0.0903. The molecule has 10 heteroatoms. The summed E-state index contributed by atoms with van der Waals surface area (Å²) in [5.74, 6) is 3.25. The lowest BCUT2D eigenvalue weighted by atomic mass is 9.78. The van der Waals surface area contributed by atoms with Crippen molar-refractivity contribution in [2.45, 2.75) is 260 Å². The Bertz CT molecular complexity index is 1300. The fraction of sp³-hybridized carbons (Fsp3) is 0.925. The lowest BCUT2D eigenvalue weighted by molar-refractivity contribution is -0.288. The molecule has 1 aromatic rings. The van der Waals surface area contributed by atoms with E-state index >= 15 is 0 Å². The molecule has 0 N–H and O–H groups in total. The van der Waals surface area contributed by atoms with Crippen LogP contribution in [0.2, 0.25) is 0 Å². The van der Waals surface area contributed by atoms with Crippen molar-refractivity contribution in [2.75, 3.05) is 68.8 Å². The first kappa shape index (κ1) is 55.8. The molecule has 0 spiro atoms. The van der Waals surface area contributed by atoms with Gasteiger partial charge in [0.05, 0.1) is 19.8 Å². The van der Waals surface area contributed by atoms with E-state index in [-0.39, 0.29) is 22.2 Å². The minimum Gasteiger partial charge on any atom is -0.356 e. The van der Waals surface area contributed by atoms with Gasteiger partial charge in [-0.25, -0.2) is 9.97 Å². The smallest absolute Gasteiger partial charge is 0.147 e.